The Morgan fingerprint density at radius 1 is 1.83 bits per heavy atom. The van der Waals surface area contributed by atoms with Crippen LogP contribution in [0, 0.1) is 10.1 Å². The van der Waals surface area contributed by atoms with E-state index in [4.69, 9.17) is 11.6 Å². The van der Waals surface area contributed by atoms with Gasteiger partial charge in [-0.05, 0) is 17.0 Å². The maximum absolute atomic E-state index is 10.2. The lowest BCUT2D eigenvalue weighted by Gasteiger charge is -1.86. The van der Waals surface area contributed by atoms with Gasteiger partial charge in [-0.2, -0.15) is 0 Å². The molecule has 0 aliphatic carbocycles. The van der Waals surface area contributed by atoms with E-state index >= 15 is 0 Å². The molecule has 5 heteroatoms. The third-order valence-corrected chi connectivity index (χ3v) is 2.36. The summed E-state index contributed by atoms with van der Waals surface area (Å²) < 4.78 is 0.636. The summed E-state index contributed by atoms with van der Waals surface area (Å²) in [4.78, 5) is 9.79. The molecule has 3 nitrogen and oxygen atoms in total. The number of hydrogen-bond acceptors (Lipinski definition) is 3. The second-order valence-corrected chi connectivity index (χ2v) is 3.77. The van der Waals surface area contributed by atoms with E-state index in [1.807, 2.05) is 0 Å². The zero-order valence-corrected chi connectivity index (χ0v) is 7.85. The quantitative estimate of drug-likeness (QED) is 0.548. The molecule has 0 aliphatic heterocycles. The number of thiophene rings is 1. The lowest BCUT2D eigenvalue weighted by Crippen LogP contribution is -1.92. The summed E-state index contributed by atoms with van der Waals surface area (Å²) >= 11 is 7.00. The van der Waals surface area contributed by atoms with E-state index in [0.717, 1.165) is 5.56 Å². The molecular weight excluding hydrogens is 198 g/mol. The van der Waals surface area contributed by atoms with Crippen LogP contribution in [0.25, 0.3) is 6.08 Å². The van der Waals surface area contributed by atoms with Gasteiger partial charge in [-0.25, -0.2) is 0 Å². The van der Waals surface area contributed by atoms with E-state index in [-0.39, 0.29) is 5.70 Å². The average molecular weight is 204 g/mol. The van der Waals surface area contributed by atoms with Crippen molar-refractivity contribution in [3.63, 3.8) is 0 Å². The molecule has 0 atom stereocenters. The average Bonchev–Trinajstić information content (AvgIpc) is 2.35. The van der Waals surface area contributed by atoms with Gasteiger partial charge in [0.05, 0.1) is 9.26 Å². The lowest BCUT2D eigenvalue weighted by atomic mass is 10.3. The van der Waals surface area contributed by atoms with Gasteiger partial charge in [0.15, 0.2) is 0 Å². The summed E-state index contributed by atoms with van der Waals surface area (Å²) in [6, 6.07) is 1.69. The Labute approximate surface area is 78.4 Å². The first kappa shape index (κ1) is 9.22. The largest absolute Gasteiger partial charge is 0.259 e. The number of rotatable bonds is 2. The molecule has 1 aromatic heterocycles. The van der Waals surface area contributed by atoms with Crippen LogP contribution >= 0.6 is 22.9 Å². The fourth-order valence-electron chi connectivity index (χ4n) is 0.693. The van der Waals surface area contributed by atoms with Gasteiger partial charge in [0.1, 0.15) is 0 Å². The van der Waals surface area contributed by atoms with E-state index in [1.165, 1.54) is 24.3 Å². The van der Waals surface area contributed by atoms with E-state index in [2.05, 4.69) is 0 Å². The zero-order chi connectivity index (χ0) is 9.14. The molecular formula is C7H6ClNO2S. The topological polar surface area (TPSA) is 43.1 Å². The Morgan fingerprint density at radius 2 is 2.50 bits per heavy atom. The van der Waals surface area contributed by atoms with Gasteiger partial charge in [0.2, 0.25) is 5.70 Å². The van der Waals surface area contributed by atoms with Crippen LogP contribution in [-0.2, 0) is 0 Å². The number of halogens is 1. The van der Waals surface area contributed by atoms with Crippen LogP contribution in [0.1, 0.15) is 12.5 Å². The maximum atomic E-state index is 10.2. The molecule has 0 spiro atoms. The second kappa shape index (κ2) is 3.69. The van der Waals surface area contributed by atoms with Crippen molar-refractivity contribution in [2.45, 2.75) is 6.92 Å². The Balaban J connectivity index is 2.87. The van der Waals surface area contributed by atoms with Gasteiger partial charge < -0.3 is 0 Å². The van der Waals surface area contributed by atoms with E-state index in [0.29, 0.717) is 4.34 Å². The van der Waals surface area contributed by atoms with Crippen molar-refractivity contribution in [2.75, 3.05) is 0 Å². The number of nitrogens with zero attached hydrogens (tertiary/aromatic N) is 1. The monoisotopic (exact) mass is 203 g/mol. The zero-order valence-electron chi connectivity index (χ0n) is 6.28. The van der Waals surface area contributed by atoms with Crippen LogP contribution in [0.15, 0.2) is 17.1 Å². The van der Waals surface area contributed by atoms with Crippen molar-refractivity contribution in [1.29, 1.82) is 0 Å². The fourth-order valence-corrected chi connectivity index (χ4v) is 1.54. The summed E-state index contributed by atoms with van der Waals surface area (Å²) in [6.07, 6.45) is 1.49. The van der Waals surface area contributed by atoms with Gasteiger partial charge in [-0.15, -0.1) is 11.3 Å². The van der Waals surface area contributed by atoms with Crippen LogP contribution in [0.4, 0.5) is 0 Å². The summed E-state index contributed by atoms with van der Waals surface area (Å²) in [6.45, 7) is 1.45. The first-order chi connectivity index (χ1) is 5.59. The van der Waals surface area contributed by atoms with Crippen LogP contribution < -0.4 is 0 Å². The summed E-state index contributed by atoms with van der Waals surface area (Å²) in [5, 5.41) is 12.0. The third-order valence-electron chi connectivity index (χ3n) is 1.25. The molecule has 1 rings (SSSR count). The number of hydrogen-bond donors (Lipinski definition) is 0. The van der Waals surface area contributed by atoms with Gasteiger partial charge in [-0.1, -0.05) is 11.6 Å². The molecule has 0 radical (unpaired) electrons. The summed E-state index contributed by atoms with van der Waals surface area (Å²) in [7, 11) is 0. The molecule has 64 valence electrons. The van der Waals surface area contributed by atoms with Crippen LogP contribution in [0.2, 0.25) is 4.34 Å². The van der Waals surface area contributed by atoms with Crippen molar-refractivity contribution in [1.82, 2.24) is 0 Å². The minimum absolute atomic E-state index is 0.115. The first-order valence-corrected chi connectivity index (χ1v) is 4.42. The highest BCUT2D eigenvalue weighted by Gasteiger charge is 2.02. The van der Waals surface area contributed by atoms with Crippen LogP contribution in [-0.4, -0.2) is 4.92 Å². The number of nitro groups is 1. The molecule has 0 fully saturated rings. The van der Waals surface area contributed by atoms with E-state index in [9.17, 15) is 10.1 Å². The molecule has 1 aromatic rings. The Hall–Kier alpha value is -0.870. The fraction of sp³-hybridized carbons (Fsp3) is 0.143. The molecule has 0 aromatic carbocycles. The molecule has 0 unspecified atom stereocenters. The molecule has 0 amide bonds. The number of allylic oxidation sites excluding steroid dienone is 1. The Morgan fingerprint density at radius 3 is 2.92 bits per heavy atom. The van der Waals surface area contributed by atoms with Gasteiger partial charge in [-0.3, -0.25) is 10.1 Å². The SMILES string of the molecule is C/C(=C/c1csc(Cl)c1)[N+](=O)[O-]. The van der Waals surface area contributed by atoms with Crippen LogP contribution in [0.3, 0.4) is 0 Å². The minimum atomic E-state index is -0.425. The minimum Gasteiger partial charge on any atom is -0.259 e. The van der Waals surface area contributed by atoms with E-state index in [1.54, 1.807) is 11.4 Å². The first-order valence-electron chi connectivity index (χ1n) is 3.16. The van der Waals surface area contributed by atoms with Gasteiger partial charge in [0.25, 0.3) is 0 Å². The third kappa shape index (κ3) is 2.32. The van der Waals surface area contributed by atoms with Gasteiger partial charge >= 0.3 is 0 Å². The summed E-state index contributed by atoms with van der Waals surface area (Å²) in [5.74, 6) is 0. The van der Waals surface area contributed by atoms with Crippen molar-refractivity contribution in [3.05, 3.63) is 37.2 Å². The molecule has 0 bridgehead atoms. The highest BCUT2D eigenvalue weighted by molar-refractivity contribution is 7.14. The standard InChI is InChI=1S/C7H6ClNO2S/c1-5(9(10)11)2-6-3-7(8)12-4-6/h2-4H,1H3/b5-2-. The van der Waals surface area contributed by atoms with Crippen molar-refractivity contribution in [3.8, 4) is 0 Å². The molecule has 1 heterocycles. The van der Waals surface area contributed by atoms with Gasteiger partial charge in [0, 0.05) is 13.0 Å². The molecule has 12 heavy (non-hydrogen) atoms. The highest BCUT2D eigenvalue weighted by Crippen LogP contribution is 2.21. The highest BCUT2D eigenvalue weighted by atomic mass is 35.5. The van der Waals surface area contributed by atoms with E-state index < -0.39 is 4.92 Å². The molecule has 0 aliphatic rings. The Kier molecular flexibility index (Phi) is 2.83. The van der Waals surface area contributed by atoms with Crippen molar-refractivity contribution in [2.24, 2.45) is 0 Å². The molecule has 0 N–H and O–H groups in total. The Bertz CT molecular complexity index is 332. The predicted molar refractivity (Wildman–Crippen MR) is 50.0 cm³/mol. The lowest BCUT2D eigenvalue weighted by molar-refractivity contribution is -0.422. The summed E-state index contributed by atoms with van der Waals surface area (Å²) in [5.41, 5.74) is 0.892. The van der Waals surface area contributed by atoms with Crippen LogP contribution in [0.5, 0.6) is 0 Å². The van der Waals surface area contributed by atoms with Crippen molar-refractivity contribution >= 4 is 29.0 Å². The van der Waals surface area contributed by atoms with Crippen molar-refractivity contribution < 1.29 is 4.92 Å². The second-order valence-electron chi connectivity index (χ2n) is 2.23. The smallest absolute Gasteiger partial charge is 0.243 e. The molecule has 0 saturated carbocycles. The predicted octanol–water partition coefficient (Wildman–Crippen LogP) is 3.04. The maximum Gasteiger partial charge on any atom is 0.243 e. The molecule has 0 saturated heterocycles. The normalized spacial score (nSPS) is 11.7.